The second-order valence-electron chi connectivity index (χ2n) is 7.26. The van der Waals surface area contributed by atoms with E-state index in [0.717, 1.165) is 63.6 Å². The van der Waals surface area contributed by atoms with Gasteiger partial charge in [-0.1, -0.05) is 24.3 Å². The molecule has 2 heterocycles. The third-order valence-electron chi connectivity index (χ3n) is 5.37. The Morgan fingerprint density at radius 2 is 1.77 bits per heavy atom. The Labute approximate surface area is 178 Å². The fourth-order valence-electron chi connectivity index (χ4n) is 3.94. The molecule has 1 aliphatic rings. The molecule has 0 saturated carbocycles. The van der Waals surface area contributed by atoms with E-state index in [1.54, 1.807) is 60.0 Å². The van der Waals surface area contributed by atoms with Crippen molar-refractivity contribution in [2.45, 2.75) is 29.9 Å². The molecule has 0 aliphatic heterocycles. The zero-order valence-corrected chi connectivity index (χ0v) is 17.7. The summed E-state index contributed by atoms with van der Waals surface area (Å²) in [6.07, 6.45) is 3.95. The van der Waals surface area contributed by atoms with Crippen LogP contribution in [-0.2, 0) is 22.9 Å². The highest BCUT2D eigenvalue weighted by atomic mass is 32.2. The van der Waals surface area contributed by atoms with Gasteiger partial charge in [0.1, 0.15) is 15.6 Å². The van der Waals surface area contributed by atoms with E-state index in [2.05, 4.69) is 0 Å². The molecule has 0 saturated heterocycles. The van der Waals surface area contributed by atoms with Crippen molar-refractivity contribution in [3.63, 3.8) is 0 Å². The fourth-order valence-corrected chi connectivity index (χ4v) is 6.41. The van der Waals surface area contributed by atoms with Crippen LogP contribution in [0.1, 0.15) is 34.5 Å². The summed E-state index contributed by atoms with van der Waals surface area (Å²) in [5.41, 5.74) is 2.48. The number of hydrogen-bond acceptors (Lipinski definition) is 5. The van der Waals surface area contributed by atoms with Crippen LogP contribution < -0.4 is 4.31 Å². The molecule has 1 amide bonds. The average Bonchev–Trinajstić information content (AvgIpc) is 3.43. The first-order valence-corrected chi connectivity index (χ1v) is 12.1. The number of hydrogen-bond donors (Lipinski definition) is 0. The highest BCUT2D eigenvalue weighted by molar-refractivity contribution is 7.95. The molecule has 30 heavy (non-hydrogen) atoms. The number of fused-ring (bicyclic) bond motifs is 3. The van der Waals surface area contributed by atoms with E-state index >= 15 is 0 Å². The van der Waals surface area contributed by atoms with E-state index in [9.17, 15) is 13.2 Å². The average molecular weight is 438 g/mol. The normalized spacial score (nSPS) is 13.9. The van der Waals surface area contributed by atoms with Crippen molar-refractivity contribution in [2.24, 2.45) is 0 Å². The van der Waals surface area contributed by atoms with Crippen molar-refractivity contribution in [1.82, 2.24) is 0 Å². The minimum atomic E-state index is -4.06. The van der Waals surface area contributed by atoms with Gasteiger partial charge in [-0.2, -0.15) is 12.7 Å². The Morgan fingerprint density at radius 3 is 2.53 bits per heavy atom. The van der Waals surface area contributed by atoms with Gasteiger partial charge >= 0.3 is 0 Å². The third kappa shape index (κ3) is 3.14. The van der Waals surface area contributed by atoms with Gasteiger partial charge in [-0.05, 0) is 61.0 Å². The summed E-state index contributed by atoms with van der Waals surface area (Å²) >= 11 is 1.09. The topological polar surface area (TPSA) is 67.6 Å². The lowest BCUT2D eigenvalue weighted by Crippen LogP contribution is -2.36. The minimum absolute atomic E-state index is 0.126. The predicted molar refractivity (Wildman–Crippen MR) is 118 cm³/mol. The van der Waals surface area contributed by atoms with Crippen molar-refractivity contribution in [1.29, 1.82) is 0 Å². The Hall–Kier alpha value is -2.90. The zero-order valence-electron chi connectivity index (χ0n) is 16.1. The van der Waals surface area contributed by atoms with Crippen molar-refractivity contribution in [2.75, 3.05) is 4.31 Å². The molecular weight excluding hydrogens is 418 g/mol. The molecule has 0 bridgehead atoms. The molecule has 2 aromatic heterocycles. The largest absolute Gasteiger partial charge is 0.461 e. The molecule has 4 aromatic rings. The fraction of sp³-hybridized carbons (Fsp3) is 0.174. The highest BCUT2D eigenvalue weighted by Crippen LogP contribution is 2.36. The minimum Gasteiger partial charge on any atom is -0.461 e. The molecule has 1 aliphatic carbocycles. The van der Waals surface area contributed by atoms with E-state index in [1.165, 1.54) is 6.07 Å². The van der Waals surface area contributed by atoms with Crippen molar-refractivity contribution in [3.8, 4) is 0 Å². The Balaban J connectivity index is 1.69. The summed E-state index contributed by atoms with van der Waals surface area (Å²) in [7, 11) is -4.06. The lowest BCUT2D eigenvalue weighted by Gasteiger charge is -2.22. The van der Waals surface area contributed by atoms with Crippen LogP contribution in [0.25, 0.3) is 11.0 Å². The van der Waals surface area contributed by atoms with Crippen molar-refractivity contribution in [3.05, 3.63) is 82.9 Å². The van der Waals surface area contributed by atoms with Crippen LogP contribution in [0.5, 0.6) is 0 Å². The number of furan rings is 1. The molecule has 2 aromatic carbocycles. The maximum atomic E-state index is 13.5. The summed E-state index contributed by atoms with van der Waals surface area (Å²) in [6.45, 7) is 0. The quantitative estimate of drug-likeness (QED) is 0.428. The molecule has 0 fully saturated rings. The predicted octanol–water partition coefficient (Wildman–Crippen LogP) is 5.41. The molecule has 5 rings (SSSR count). The first-order valence-electron chi connectivity index (χ1n) is 9.78. The Kier molecular flexibility index (Phi) is 4.72. The number of anilines is 1. The number of benzene rings is 2. The lowest BCUT2D eigenvalue weighted by molar-refractivity contribution is 0.101. The van der Waals surface area contributed by atoms with Gasteiger partial charge in [0.05, 0.1) is 5.69 Å². The van der Waals surface area contributed by atoms with Gasteiger partial charge in [0, 0.05) is 22.9 Å². The van der Waals surface area contributed by atoms with Crippen molar-refractivity contribution >= 4 is 43.9 Å². The van der Waals surface area contributed by atoms with Crippen LogP contribution in [0.2, 0.25) is 0 Å². The summed E-state index contributed by atoms with van der Waals surface area (Å²) in [6, 6.07) is 16.8. The number of nitrogens with zero attached hydrogens (tertiary/aromatic N) is 1. The van der Waals surface area contributed by atoms with Crippen LogP contribution >= 0.6 is 11.3 Å². The number of aryl methyl sites for hydroxylation is 2. The lowest BCUT2D eigenvalue weighted by atomic mass is 9.96. The molecule has 0 N–H and O–H groups in total. The van der Waals surface area contributed by atoms with E-state index in [-0.39, 0.29) is 4.21 Å². The zero-order chi connectivity index (χ0) is 20.7. The summed E-state index contributed by atoms with van der Waals surface area (Å²) in [4.78, 5) is 13.4. The monoisotopic (exact) mass is 437 g/mol. The van der Waals surface area contributed by atoms with E-state index in [1.807, 2.05) is 0 Å². The van der Waals surface area contributed by atoms with Crippen LogP contribution in [0.15, 0.2) is 74.7 Å². The van der Waals surface area contributed by atoms with Gasteiger partial charge in [0.25, 0.3) is 15.9 Å². The van der Waals surface area contributed by atoms with E-state index in [4.69, 9.17) is 4.42 Å². The third-order valence-corrected chi connectivity index (χ3v) is 8.45. The van der Waals surface area contributed by atoms with Gasteiger partial charge in [0.2, 0.25) is 0 Å². The van der Waals surface area contributed by atoms with Gasteiger partial charge < -0.3 is 4.42 Å². The van der Waals surface area contributed by atoms with Gasteiger partial charge in [-0.3, -0.25) is 4.79 Å². The molecule has 0 radical (unpaired) electrons. The maximum Gasteiger partial charge on any atom is 0.280 e. The standard InChI is InChI=1S/C23H19NO4S2/c25-23(16-7-2-1-3-8-16)24(30(26,27)22-11-6-14-29-22)17-12-13-21-19(15-17)18-9-4-5-10-20(18)28-21/h1-3,6-8,11-15H,4-5,9-10H2. The molecule has 152 valence electrons. The van der Waals surface area contributed by atoms with Gasteiger partial charge in [-0.25, -0.2) is 0 Å². The van der Waals surface area contributed by atoms with Crippen LogP contribution in [0.3, 0.4) is 0 Å². The van der Waals surface area contributed by atoms with E-state index in [0.29, 0.717) is 11.3 Å². The SMILES string of the molecule is O=C(c1ccccc1)N(c1ccc2oc3c(c2c1)CCCC3)S(=O)(=O)c1cccs1. The molecular formula is C23H19NO4S2. The van der Waals surface area contributed by atoms with Gasteiger partial charge in [-0.15, -0.1) is 11.3 Å². The van der Waals surface area contributed by atoms with E-state index < -0.39 is 15.9 Å². The summed E-state index contributed by atoms with van der Waals surface area (Å²) < 4.78 is 33.9. The highest BCUT2D eigenvalue weighted by Gasteiger charge is 2.33. The second-order valence-corrected chi connectivity index (χ2v) is 10.2. The first-order chi connectivity index (χ1) is 14.6. The summed E-state index contributed by atoms with van der Waals surface area (Å²) in [5.74, 6) is 0.385. The van der Waals surface area contributed by atoms with Crippen molar-refractivity contribution < 1.29 is 17.6 Å². The molecule has 5 nitrogen and oxygen atoms in total. The smallest absolute Gasteiger partial charge is 0.280 e. The number of thiophene rings is 1. The Morgan fingerprint density at radius 1 is 0.967 bits per heavy atom. The molecule has 0 atom stereocenters. The number of carbonyl (C=O) groups excluding carboxylic acids is 1. The molecule has 0 unspecified atom stereocenters. The number of amides is 1. The number of sulfonamides is 1. The Bertz CT molecular complexity index is 1320. The molecule has 0 spiro atoms. The van der Waals surface area contributed by atoms with Gasteiger partial charge in [0.15, 0.2) is 0 Å². The number of carbonyl (C=O) groups is 1. The van der Waals surface area contributed by atoms with Crippen LogP contribution in [-0.4, -0.2) is 14.3 Å². The first kappa shape index (κ1) is 19.1. The van der Waals surface area contributed by atoms with Crippen LogP contribution in [0, 0.1) is 0 Å². The molecule has 7 heteroatoms. The number of rotatable bonds is 4. The maximum absolute atomic E-state index is 13.5. The summed E-state index contributed by atoms with van der Waals surface area (Å²) in [5, 5.41) is 2.57. The van der Waals surface area contributed by atoms with Crippen LogP contribution in [0.4, 0.5) is 5.69 Å². The second kappa shape index (κ2) is 7.41.